The second-order valence-electron chi connectivity index (χ2n) is 4.40. The monoisotopic (exact) mass is 306 g/mol. The third kappa shape index (κ3) is 3.44. The fourth-order valence-electron chi connectivity index (χ4n) is 1.49. The second-order valence-corrected chi connectivity index (χ2v) is 5.62. The molecule has 0 heterocycles. The quantitative estimate of drug-likeness (QED) is 0.832. The largest absolute Gasteiger partial charge is 0.373 e. The lowest BCUT2D eigenvalue weighted by Crippen LogP contribution is -2.38. The summed E-state index contributed by atoms with van der Waals surface area (Å²) in [6.45, 7) is 1.77. The highest BCUT2D eigenvalue weighted by Gasteiger charge is 2.25. The van der Waals surface area contributed by atoms with Crippen LogP contribution in [0.5, 0.6) is 0 Å². The van der Waals surface area contributed by atoms with Gasteiger partial charge in [-0.25, -0.2) is 0 Å². The minimum Gasteiger partial charge on any atom is -0.373 e. The Labute approximate surface area is 121 Å². The van der Waals surface area contributed by atoms with Crippen molar-refractivity contribution < 1.29 is 4.79 Å². The summed E-state index contributed by atoms with van der Waals surface area (Å²) >= 11 is 17.8. The number of carbonyl (C=O) groups is 1. The van der Waals surface area contributed by atoms with Gasteiger partial charge in [0.1, 0.15) is 6.04 Å². The molecule has 0 bridgehead atoms. The maximum Gasteiger partial charge on any atom is 0.242 e. The molecule has 0 spiro atoms. The van der Waals surface area contributed by atoms with E-state index in [1.807, 2.05) is 0 Å². The van der Waals surface area contributed by atoms with Crippen molar-refractivity contribution in [3.05, 3.63) is 27.2 Å². The molecule has 3 nitrogen and oxygen atoms in total. The smallest absolute Gasteiger partial charge is 0.242 e. The normalized spacial score (nSPS) is 16.2. The molecule has 1 aliphatic rings. The molecule has 2 rings (SSSR count). The standard InChI is InChI=1S/C12H13Cl3N2O/c1-6(12(18)17-7-2-3-7)16-11-5-9(14)8(13)4-10(11)15/h4-7,16H,2-3H2,1H3,(H,17,18). The highest BCUT2D eigenvalue weighted by molar-refractivity contribution is 6.44. The third-order valence-electron chi connectivity index (χ3n) is 2.70. The van der Waals surface area contributed by atoms with Crippen LogP contribution >= 0.6 is 34.8 Å². The van der Waals surface area contributed by atoms with E-state index in [1.54, 1.807) is 19.1 Å². The molecule has 1 saturated carbocycles. The van der Waals surface area contributed by atoms with Gasteiger partial charge in [-0.05, 0) is 31.9 Å². The molecule has 0 aromatic heterocycles. The first-order chi connectivity index (χ1) is 8.47. The molecule has 1 aromatic carbocycles. The van der Waals surface area contributed by atoms with Gasteiger partial charge in [0.2, 0.25) is 5.91 Å². The molecular formula is C12H13Cl3N2O. The number of rotatable bonds is 4. The van der Waals surface area contributed by atoms with Gasteiger partial charge in [-0.1, -0.05) is 34.8 Å². The molecule has 6 heteroatoms. The number of anilines is 1. The molecule has 1 atom stereocenters. The number of hydrogen-bond donors (Lipinski definition) is 2. The Kier molecular flexibility index (Phi) is 4.25. The van der Waals surface area contributed by atoms with E-state index in [2.05, 4.69) is 10.6 Å². The fraction of sp³-hybridized carbons (Fsp3) is 0.417. The number of hydrogen-bond acceptors (Lipinski definition) is 2. The zero-order chi connectivity index (χ0) is 13.3. The van der Waals surface area contributed by atoms with Crippen LogP contribution in [0.1, 0.15) is 19.8 Å². The van der Waals surface area contributed by atoms with Crippen LogP contribution in [0.15, 0.2) is 12.1 Å². The van der Waals surface area contributed by atoms with Gasteiger partial charge < -0.3 is 10.6 Å². The summed E-state index contributed by atoms with van der Waals surface area (Å²) in [5.74, 6) is -0.0420. The lowest BCUT2D eigenvalue weighted by atomic mass is 10.2. The maximum atomic E-state index is 11.8. The van der Waals surface area contributed by atoms with E-state index in [-0.39, 0.29) is 11.9 Å². The Hall–Kier alpha value is -0.640. The first-order valence-corrected chi connectivity index (χ1v) is 6.82. The maximum absolute atomic E-state index is 11.8. The molecule has 1 fully saturated rings. The summed E-state index contributed by atoms with van der Waals surface area (Å²) in [6, 6.07) is 3.14. The molecule has 0 radical (unpaired) electrons. The Morgan fingerprint density at radius 1 is 1.22 bits per heavy atom. The van der Waals surface area contributed by atoms with E-state index in [0.29, 0.717) is 26.8 Å². The third-order valence-corrected chi connectivity index (χ3v) is 3.73. The molecule has 98 valence electrons. The van der Waals surface area contributed by atoms with Crippen molar-refractivity contribution in [2.75, 3.05) is 5.32 Å². The topological polar surface area (TPSA) is 41.1 Å². The number of carbonyl (C=O) groups excluding carboxylic acids is 1. The predicted octanol–water partition coefficient (Wildman–Crippen LogP) is 3.73. The fourth-order valence-corrected chi connectivity index (χ4v) is 2.09. The number of benzene rings is 1. The molecule has 1 aliphatic carbocycles. The van der Waals surface area contributed by atoms with Crippen molar-refractivity contribution in [2.24, 2.45) is 0 Å². The first kappa shape index (κ1) is 13.8. The van der Waals surface area contributed by atoms with Crippen LogP contribution < -0.4 is 10.6 Å². The van der Waals surface area contributed by atoms with Crippen molar-refractivity contribution in [3.63, 3.8) is 0 Å². The van der Waals surface area contributed by atoms with Crippen molar-refractivity contribution >= 4 is 46.4 Å². The molecule has 1 amide bonds. The van der Waals surface area contributed by atoms with Crippen LogP contribution in [0.25, 0.3) is 0 Å². The lowest BCUT2D eigenvalue weighted by Gasteiger charge is -2.16. The van der Waals surface area contributed by atoms with Crippen LogP contribution in [0.3, 0.4) is 0 Å². The number of nitrogens with one attached hydrogen (secondary N) is 2. The molecule has 0 aliphatic heterocycles. The van der Waals surface area contributed by atoms with E-state index in [4.69, 9.17) is 34.8 Å². The van der Waals surface area contributed by atoms with Gasteiger partial charge in [0.05, 0.1) is 20.8 Å². The minimum absolute atomic E-state index is 0.0420. The van der Waals surface area contributed by atoms with Crippen LogP contribution in [0.2, 0.25) is 15.1 Å². The minimum atomic E-state index is -0.375. The molecule has 0 saturated heterocycles. The summed E-state index contributed by atoms with van der Waals surface area (Å²) in [4.78, 5) is 11.8. The Balaban J connectivity index is 2.03. The Bertz CT molecular complexity index is 475. The molecule has 1 unspecified atom stereocenters. The Morgan fingerprint density at radius 3 is 2.44 bits per heavy atom. The highest BCUT2D eigenvalue weighted by atomic mass is 35.5. The number of halogens is 3. The van der Waals surface area contributed by atoms with Gasteiger partial charge in [-0.15, -0.1) is 0 Å². The van der Waals surface area contributed by atoms with E-state index < -0.39 is 0 Å². The second kappa shape index (κ2) is 5.55. The van der Waals surface area contributed by atoms with Crippen molar-refractivity contribution in [2.45, 2.75) is 31.8 Å². The average Bonchev–Trinajstić information content (AvgIpc) is 3.09. The van der Waals surface area contributed by atoms with Gasteiger partial charge in [0.15, 0.2) is 0 Å². The molecule has 2 N–H and O–H groups in total. The first-order valence-electron chi connectivity index (χ1n) is 5.69. The molecular weight excluding hydrogens is 295 g/mol. The van der Waals surface area contributed by atoms with E-state index in [0.717, 1.165) is 12.8 Å². The zero-order valence-electron chi connectivity index (χ0n) is 9.77. The van der Waals surface area contributed by atoms with Crippen LogP contribution in [-0.2, 0) is 4.79 Å². The SMILES string of the molecule is CC(Nc1cc(Cl)c(Cl)cc1Cl)C(=O)NC1CC1. The summed E-state index contributed by atoms with van der Waals surface area (Å²) in [7, 11) is 0. The van der Waals surface area contributed by atoms with E-state index in [9.17, 15) is 4.79 Å². The van der Waals surface area contributed by atoms with Crippen molar-refractivity contribution in [1.82, 2.24) is 5.32 Å². The van der Waals surface area contributed by atoms with Crippen molar-refractivity contribution in [3.8, 4) is 0 Å². The van der Waals surface area contributed by atoms with Crippen molar-refractivity contribution in [1.29, 1.82) is 0 Å². The van der Waals surface area contributed by atoms with E-state index in [1.165, 1.54) is 0 Å². The van der Waals surface area contributed by atoms with Gasteiger partial charge >= 0.3 is 0 Å². The van der Waals surface area contributed by atoms with Gasteiger partial charge in [0, 0.05) is 6.04 Å². The molecule has 1 aromatic rings. The van der Waals surface area contributed by atoms with Crippen LogP contribution in [0.4, 0.5) is 5.69 Å². The van der Waals surface area contributed by atoms with Crippen LogP contribution in [0, 0.1) is 0 Å². The summed E-state index contributed by atoms with van der Waals surface area (Å²) in [5, 5.41) is 7.17. The summed E-state index contributed by atoms with van der Waals surface area (Å²) < 4.78 is 0. The Morgan fingerprint density at radius 2 is 1.83 bits per heavy atom. The highest BCUT2D eigenvalue weighted by Crippen LogP contribution is 2.32. The average molecular weight is 308 g/mol. The van der Waals surface area contributed by atoms with Gasteiger partial charge in [-0.2, -0.15) is 0 Å². The van der Waals surface area contributed by atoms with Gasteiger partial charge in [0.25, 0.3) is 0 Å². The number of amides is 1. The zero-order valence-corrected chi connectivity index (χ0v) is 12.0. The molecule has 18 heavy (non-hydrogen) atoms. The van der Waals surface area contributed by atoms with Crippen LogP contribution in [-0.4, -0.2) is 18.0 Å². The lowest BCUT2D eigenvalue weighted by molar-refractivity contribution is -0.121. The van der Waals surface area contributed by atoms with Gasteiger partial charge in [-0.3, -0.25) is 4.79 Å². The van der Waals surface area contributed by atoms with E-state index >= 15 is 0 Å². The predicted molar refractivity (Wildman–Crippen MR) is 75.7 cm³/mol. The summed E-state index contributed by atoms with van der Waals surface area (Å²) in [6.07, 6.45) is 2.12. The summed E-state index contributed by atoms with van der Waals surface area (Å²) in [5.41, 5.74) is 0.601.